The van der Waals surface area contributed by atoms with Gasteiger partial charge in [-0.05, 0) is 51.4 Å². The molecule has 0 amide bonds. The Kier molecular flexibility index (Phi) is 63.6. The van der Waals surface area contributed by atoms with E-state index in [0.29, 0.717) is 19.3 Å². The fraction of sp³-hybridized carbons (Fsp3) is 0.900. The summed E-state index contributed by atoms with van der Waals surface area (Å²) in [7, 11) is 0. The summed E-state index contributed by atoms with van der Waals surface area (Å²) in [5.41, 5.74) is 0. The SMILES string of the molecule is CCCCCCC/C=C\C/C=C\CCCCCCCCCCCCCCCC(=O)OCC(COC(=O)CCCCCCCCCCCCCCCC)OC(=O)CCCCCCCCCCCCCCCCCCCCC. The number of rotatable bonds is 64. The summed E-state index contributed by atoms with van der Waals surface area (Å²) in [6, 6.07) is 0. The van der Waals surface area contributed by atoms with Gasteiger partial charge in [-0.1, -0.05) is 340 Å². The highest BCUT2D eigenvalue weighted by Crippen LogP contribution is 2.18. The molecule has 0 aromatic heterocycles. The number of carbonyl (C=O) groups excluding carboxylic acids is 3. The monoisotopic (exact) mass is 1070 g/mol. The van der Waals surface area contributed by atoms with Crippen LogP contribution >= 0.6 is 0 Å². The zero-order chi connectivity index (χ0) is 55.0. The molecule has 0 aromatic carbocycles. The fourth-order valence-corrected chi connectivity index (χ4v) is 10.5. The van der Waals surface area contributed by atoms with Crippen molar-refractivity contribution in [1.82, 2.24) is 0 Å². The lowest BCUT2D eigenvalue weighted by atomic mass is 10.0. The largest absolute Gasteiger partial charge is 0.462 e. The molecular weight excluding hydrogens is 937 g/mol. The molecule has 0 bridgehead atoms. The van der Waals surface area contributed by atoms with Gasteiger partial charge in [0.25, 0.3) is 0 Å². The Balaban J connectivity index is 4.24. The average molecular weight is 1070 g/mol. The first-order valence-electron chi connectivity index (χ1n) is 34.3. The molecule has 76 heavy (non-hydrogen) atoms. The summed E-state index contributed by atoms with van der Waals surface area (Å²) >= 11 is 0. The number of hydrogen-bond donors (Lipinski definition) is 0. The van der Waals surface area contributed by atoms with E-state index in [4.69, 9.17) is 14.2 Å². The van der Waals surface area contributed by atoms with E-state index in [1.54, 1.807) is 0 Å². The van der Waals surface area contributed by atoms with E-state index < -0.39 is 6.10 Å². The third-order valence-corrected chi connectivity index (χ3v) is 15.7. The van der Waals surface area contributed by atoms with Gasteiger partial charge in [-0.2, -0.15) is 0 Å². The first kappa shape index (κ1) is 73.9. The zero-order valence-corrected chi connectivity index (χ0v) is 51.6. The van der Waals surface area contributed by atoms with Crippen LogP contribution in [0.25, 0.3) is 0 Å². The molecule has 0 aliphatic rings. The van der Waals surface area contributed by atoms with Crippen LogP contribution in [0.3, 0.4) is 0 Å². The van der Waals surface area contributed by atoms with Crippen LogP contribution < -0.4 is 0 Å². The topological polar surface area (TPSA) is 78.9 Å². The summed E-state index contributed by atoms with van der Waals surface area (Å²) in [6.45, 7) is 6.71. The van der Waals surface area contributed by atoms with Crippen LogP contribution in [0.15, 0.2) is 24.3 Å². The molecule has 0 saturated carbocycles. The second-order valence-corrected chi connectivity index (χ2v) is 23.5. The van der Waals surface area contributed by atoms with Crippen LogP contribution in [-0.2, 0) is 28.6 Å². The number of hydrogen-bond acceptors (Lipinski definition) is 6. The molecule has 0 saturated heterocycles. The lowest BCUT2D eigenvalue weighted by Crippen LogP contribution is -2.30. The van der Waals surface area contributed by atoms with Gasteiger partial charge >= 0.3 is 17.9 Å². The Morgan fingerprint density at radius 1 is 0.263 bits per heavy atom. The quantitative estimate of drug-likeness (QED) is 0.0261. The Hall–Kier alpha value is -2.11. The predicted octanol–water partition coefficient (Wildman–Crippen LogP) is 23.4. The lowest BCUT2D eigenvalue weighted by molar-refractivity contribution is -0.167. The molecule has 0 heterocycles. The zero-order valence-electron chi connectivity index (χ0n) is 51.6. The van der Waals surface area contributed by atoms with E-state index in [9.17, 15) is 14.4 Å². The molecule has 0 fully saturated rings. The van der Waals surface area contributed by atoms with E-state index in [2.05, 4.69) is 45.1 Å². The van der Waals surface area contributed by atoms with Crippen molar-refractivity contribution >= 4 is 17.9 Å². The van der Waals surface area contributed by atoms with E-state index in [1.807, 2.05) is 0 Å². The van der Waals surface area contributed by atoms with Crippen molar-refractivity contribution in [2.24, 2.45) is 0 Å². The van der Waals surface area contributed by atoms with Crippen molar-refractivity contribution in [3.8, 4) is 0 Å². The highest BCUT2D eigenvalue weighted by molar-refractivity contribution is 5.71. The van der Waals surface area contributed by atoms with Gasteiger partial charge in [0.1, 0.15) is 13.2 Å². The third-order valence-electron chi connectivity index (χ3n) is 15.7. The predicted molar refractivity (Wildman–Crippen MR) is 330 cm³/mol. The van der Waals surface area contributed by atoms with Crippen molar-refractivity contribution in [3.05, 3.63) is 24.3 Å². The molecule has 0 aliphatic carbocycles. The smallest absolute Gasteiger partial charge is 0.306 e. The van der Waals surface area contributed by atoms with Gasteiger partial charge in [0.05, 0.1) is 0 Å². The fourth-order valence-electron chi connectivity index (χ4n) is 10.5. The molecule has 1 unspecified atom stereocenters. The molecule has 0 rings (SSSR count). The standard InChI is InChI=1S/C70H132O6/c1-4-7-10-13-16-19-22-25-28-30-32-33-34-35-36-37-39-40-42-45-48-51-54-57-60-63-69(72)75-66-67(65-74-68(71)62-59-56-53-50-47-44-27-24-21-18-15-12-9-6-3)76-70(73)64-61-58-55-52-49-46-43-41-38-31-29-26-23-20-17-14-11-8-5-2/h22,25,30,32,67H,4-21,23-24,26-29,31,33-66H2,1-3H3/b25-22-,32-30-. The lowest BCUT2D eigenvalue weighted by Gasteiger charge is -2.18. The minimum atomic E-state index is -0.767. The highest BCUT2D eigenvalue weighted by Gasteiger charge is 2.19. The molecule has 448 valence electrons. The number of esters is 3. The third kappa shape index (κ3) is 62.7. The molecule has 0 N–H and O–H groups in total. The van der Waals surface area contributed by atoms with Crippen LogP contribution in [0.2, 0.25) is 0 Å². The molecule has 0 radical (unpaired) electrons. The first-order chi connectivity index (χ1) is 37.5. The summed E-state index contributed by atoms with van der Waals surface area (Å²) in [5, 5.41) is 0. The number of carbonyl (C=O) groups is 3. The molecule has 0 aliphatic heterocycles. The second kappa shape index (κ2) is 65.4. The Labute approximate surface area is 474 Å². The first-order valence-corrected chi connectivity index (χ1v) is 34.3. The van der Waals surface area contributed by atoms with E-state index >= 15 is 0 Å². The van der Waals surface area contributed by atoms with Crippen molar-refractivity contribution in [2.75, 3.05) is 13.2 Å². The van der Waals surface area contributed by atoms with Gasteiger partial charge < -0.3 is 14.2 Å². The summed E-state index contributed by atoms with van der Waals surface area (Å²) < 4.78 is 17.0. The maximum absolute atomic E-state index is 12.9. The Morgan fingerprint density at radius 2 is 0.474 bits per heavy atom. The van der Waals surface area contributed by atoms with E-state index in [0.717, 1.165) is 64.2 Å². The van der Waals surface area contributed by atoms with Crippen LogP contribution in [0.5, 0.6) is 0 Å². The normalized spacial score (nSPS) is 12.1. The van der Waals surface area contributed by atoms with Gasteiger partial charge in [-0.3, -0.25) is 14.4 Å². The van der Waals surface area contributed by atoms with Gasteiger partial charge in [0, 0.05) is 19.3 Å². The van der Waals surface area contributed by atoms with Crippen molar-refractivity contribution in [1.29, 1.82) is 0 Å². The summed E-state index contributed by atoms with van der Waals surface area (Å²) in [6.07, 6.45) is 79.1. The van der Waals surface area contributed by atoms with Crippen LogP contribution in [0, 0.1) is 0 Å². The number of ether oxygens (including phenoxy) is 3. The highest BCUT2D eigenvalue weighted by atomic mass is 16.6. The van der Waals surface area contributed by atoms with Gasteiger partial charge in [-0.25, -0.2) is 0 Å². The van der Waals surface area contributed by atoms with Crippen molar-refractivity contribution < 1.29 is 28.6 Å². The molecule has 0 spiro atoms. The molecule has 6 nitrogen and oxygen atoms in total. The molecule has 0 aromatic rings. The molecule has 6 heteroatoms. The maximum atomic E-state index is 12.9. The number of unbranched alkanes of at least 4 members (excludes halogenated alkanes) is 49. The Bertz CT molecular complexity index is 1230. The van der Waals surface area contributed by atoms with Crippen molar-refractivity contribution in [2.45, 2.75) is 393 Å². The van der Waals surface area contributed by atoms with Crippen LogP contribution in [0.1, 0.15) is 387 Å². The van der Waals surface area contributed by atoms with Crippen LogP contribution in [-0.4, -0.2) is 37.2 Å². The minimum Gasteiger partial charge on any atom is -0.462 e. The van der Waals surface area contributed by atoms with Gasteiger partial charge in [0.15, 0.2) is 6.10 Å². The van der Waals surface area contributed by atoms with Crippen molar-refractivity contribution in [3.63, 3.8) is 0 Å². The Morgan fingerprint density at radius 3 is 0.724 bits per heavy atom. The molecule has 1 atom stereocenters. The average Bonchev–Trinajstić information content (AvgIpc) is 3.42. The van der Waals surface area contributed by atoms with Crippen LogP contribution in [0.4, 0.5) is 0 Å². The molecular formula is C70H132O6. The second-order valence-electron chi connectivity index (χ2n) is 23.5. The van der Waals surface area contributed by atoms with E-state index in [-0.39, 0.29) is 31.1 Å². The minimum absolute atomic E-state index is 0.0642. The maximum Gasteiger partial charge on any atom is 0.306 e. The summed E-state index contributed by atoms with van der Waals surface area (Å²) in [4.78, 5) is 38.4. The van der Waals surface area contributed by atoms with E-state index in [1.165, 1.54) is 283 Å². The number of allylic oxidation sites excluding steroid dienone is 4. The van der Waals surface area contributed by atoms with Gasteiger partial charge in [0.2, 0.25) is 0 Å². The summed E-state index contributed by atoms with van der Waals surface area (Å²) in [5.74, 6) is -0.832. The van der Waals surface area contributed by atoms with Gasteiger partial charge in [-0.15, -0.1) is 0 Å².